The lowest BCUT2D eigenvalue weighted by Crippen LogP contribution is -2.18. The predicted molar refractivity (Wildman–Crippen MR) is 51.2 cm³/mol. The minimum absolute atomic E-state index is 0.0357. The molecule has 0 aliphatic heterocycles. The molecule has 0 aliphatic carbocycles. The lowest BCUT2D eigenvalue weighted by molar-refractivity contribution is -0.276. The number of ether oxygens (including phenoxy) is 1. The molecule has 1 aromatic rings. The quantitative estimate of drug-likeness (QED) is 0.907. The molecule has 1 aromatic heterocycles. The largest absolute Gasteiger partial charge is 0.574 e. The van der Waals surface area contributed by atoms with Crippen molar-refractivity contribution in [2.75, 3.05) is 0 Å². The van der Waals surface area contributed by atoms with Gasteiger partial charge in [0.15, 0.2) is 5.69 Å². The minimum atomic E-state index is -4.85. The molecule has 0 aromatic carbocycles. The van der Waals surface area contributed by atoms with Gasteiger partial charge in [0, 0.05) is 12.6 Å². The van der Waals surface area contributed by atoms with E-state index in [2.05, 4.69) is 25.7 Å². The van der Waals surface area contributed by atoms with Gasteiger partial charge in [-0.2, -0.15) is 5.26 Å². The van der Waals surface area contributed by atoms with E-state index >= 15 is 0 Å². The first kappa shape index (κ1) is 12.7. The number of nitrogens with two attached hydrogens (primary N) is 1. The second kappa shape index (κ2) is 4.67. The first-order valence-electron chi connectivity index (χ1n) is 3.92. The topological polar surface area (TPSA) is 71.9 Å². The van der Waals surface area contributed by atoms with E-state index in [-0.39, 0.29) is 16.7 Å². The van der Waals surface area contributed by atoms with Crippen molar-refractivity contribution in [3.63, 3.8) is 0 Å². The van der Waals surface area contributed by atoms with Crippen LogP contribution in [-0.2, 0) is 6.54 Å². The minimum Gasteiger partial charge on any atom is -0.388 e. The fraction of sp³-hybridized carbons (Fsp3) is 0.250. The Kier molecular flexibility index (Phi) is 3.72. The zero-order valence-corrected chi connectivity index (χ0v) is 9.26. The van der Waals surface area contributed by atoms with E-state index in [1.807, 2.05) is 0 Å². The lowest BCUT2D eigenvalue weighted by atomic mass is 10.2. The van der Waals surface area contributed by atoms with Crippen LogP contribution >= 0.6 is 15.9 Å². The van der Waals surface area contributed by atoms with Gasteiger partial charge in [-0.1, -0.05) is 0 Å². The maximum atomic E-state index is 11.9. The fourth-order valence-electron chi connectivity index (χ4n) is 0.950. The Hall–Kier alpha value is -1.33. The van der Waals surface area contributed by atoms with E-state index in [9.17, 15) is 13.2 Å². The van der Waals surface area contributed by atoms with E-state index < -0.39 is 12.2 Å². The molecule has 0 spiro atoms. The average Bonchev–Trinajstić information content (AvgIpc) is 2.18. The summed E-state index contributed by atoms with van der Waals surface area (Å²) < 4.78 is 39.6. The highest BCUT2D eigenvalue weighted by Crippen LogP contribution is 2.27. The van der Waals surface area contributed by atoms with Gasteiger partial charge in [0.25, 0.3) is 0 Å². The number of nitrogens with zero attached hydrogens (tertiary/aromatic N) is 2. The Morgan fingerprint density at radius 1 is 1.56 bits per heavy atom. The number of alkyl halides is 3. The molecule has 86 valence electrons. The molecule has 0 unspecified atom stereocenters. The summed E-state index contributed by atoms with van der Waals surface area (Å²) in [5.41, 5.74) is 5.41. The summed E-state index contributed by atoms with van der Waals surface area (Å²) in [6.45, 7) is -0.0357. The maximum absolute atomic E-state index is 11.9. The second-order valence-electron chi connectivity index (χ2n) is 2.65. The van der Waals surface area contributed by atoms with Crippen molar-refractivity contribution in [2.24, 2.45) is 5.73 Å². The van der Waals surface area contributed by atoms with Gasteiger partial charge >= 0.3 is 6.36 Å². The van der Waals surface area contributed by atoms with Crippen molar-refractivity contribution < 1.29 is 17.9 Å². The standard InChI is InChI=1S/C8H5BrF3N3O/c9-7-4(2-13)1-6(15-5(7)3-14)16-8(10,11)12/h1H,2,13H2. The molecule has 16 heavy (non-hydrogen) atoms. The van der Waals surface area contributed by atoms with Crippen molar-refractivity contribution in [3.05, 3.63) is 21.8 Å². The smallest absolute Gasteiger partial charge is 0.388 e. The van der Waals surface area contributed by atoms with Crippen LogP contribution in [0.25, 0.3) is 0 Å². The van der Waals surface area contributed by atoms with Crippen molar-refractivity contribution in [2.45, 2.75) is 12.9 Å². The molecule has 0 radical (unpaired) electrons. The summed E-state index contributed by atoms with van der Waals surface area (Å²) >= 11 is 3.01. The van der Waals surface area contributed by atoms with Crippen LogP contribution in [0.3, 0.4) is 0 Å². The summed E-state index contributed by atoms with van der Waals surface area (Å²) in [7, 11) is 0. The van der Waals surface area contributed by atoms with Crippen molar-refractivity contribution >= 4 is 15.9 Å². The van der Waals surface area contributed by atoms with Crippen LogP contribution in [0.1, 0.15) is 11.3 Å². The van der Waals surface area contributed by atoms with E-state index in [1.54, 1.807) is 6.07 Å². The summed E-state index contributed by atoms with van der Waals surface area (Å²) in [5.74, 6) is -0.701. The maximum Gasteiger partial charge on any atom is 0.574 e. The number of aromatic nitrogens is 1. The van der Waals surface area contributed by atoms with Crippen LogP contribution in [0.2, 0.25) is 0 Å². The Balaban J connectivity index is 3.19. The van der Waals surface area contributed by atoms with Crippen molar-refractivity contribution in [1.82, 2.24) is 4.98 Å². The SMILES string of the molecule is N#Cc1nc(OC(F)(F)F)cc(CN)c1Br. The molecule has 0 fully saturated rings. The van der Waals surface area contributed by atoms with Gasteiger partial charge in [0.1, 0.15) is 6.07 Å². The van der Waals surface area contributed by atoms with Crippen LogP contribution in [-0.4, -0.2) is 11.3 Å². The number of nitriles is 1. The summed E-state index contributed by atoms with van der Waals surface area (Å²) in [6, 6.07) is 2.66. The zero-order valence-electron chi connectivity index (χ0n) is 7.68. The first-order valence-corrected chi connectivity index (χ1v) is 4.72. The molecular weight excluding hydrogens is 291 g/mol. The monoisotopic (exact) mass is 295 g/mol. The molecule has 0 saturated heterocycles. The molecule has 0 bridgehead atoms. The van der Waals surface area contributed by atoms with Crippen molar-refractivity contribution in [3.8, 4) is 11.9 Å². The third kappa shape index (κ3) is 3.08. The highest BCUT2D eigenvalue weighted by molar-refractivity contribution is 9.10. The number of hydrogen-bond acceptors (Lipinski definition) is 4. The third-order valence-electron chi connectivity index (χ3n) is 1.56. The summed E-state index contributed by atoms with van der Waals surface area (Å²) in [6.07, 6.45) is -4.85. The normalized spacial score (nSPS) is 11.0. The Labute approximate surface area is 97.0 Å². The van der Waals surface area contributed by atoms with Crippen LogP contribution in [0.5, 0.6) is 5.88 Å². The number of rotatable bonds is 2. The number of pyridine rings is 1. The molecule has 1 heterocycles. The van der Waals surface area contributed by atoms with E-state index in [0.29, 0.717) is 5.56 Å². The van der Waals surface area contributed by atoms with Crippen LogP contribution in [0.15, 0.2) is 10.5 Å². The third-order valence-corrected chi connectivity index (χ3v) is 2.44. The molecule has 0 aliphatic rings. The van der Waals surface area contributed by atoms with Crippen LogP contribution < -0.4 is 10.5 Å². The molecule has 4 nitrogen and oxygen atoms in total. The Bertz CT molecular complexity index is 441. The Morgan fingerprint density at radius 3 is 2.62 bits per heavy atom. The Morgan fingerprint density at radius 2 is 2.19 bits per heavy atom. The first-order chi connectivity index (χ1) is 7.37. The molecule has 8 heteroatoms. The molecule has 0 atom stereocenters. The van der Waals surface area contributed by atoms with E-state index in [0.717, 1.165) is 6.07 Å². The highest BCUT2D eigenvalue weighted by atomic mass is 79.9. The molecule has 1 rings (SSSR count). The van der Waals surface area contributed by atoms with Crippen LogP contribution in [0, 0.1) is 11.3 Å². The molecular formula is C8H5BrF3N3O. The van der Waals surface area contributed by atoms with Gasteiger partial charge in [-0.3, -0.25) is 0 Å². The van der Waals surface area contributed by atoms with Gasteiger partial charge < -0.3 is 10.5 Å². The predicted octanol–water partition coefficient (Wildman–Crippen LogP) is 2.07. The summed E-state index contributed by atoms with van der Waals surface area (Å²) in [4.78, 5) is 3.38. The van der Waals surface area contributed by atoms with Gasteiger partial charge in [0.2, 0.25) is 5.88 Å². The summed E-state index contributed by atoms with van der Waals surface area (Å²) in [5, 5.41) is 8.64. The lowest BCUT2D eigenvalue weighted by Gasteiger charge is -2.10. The van der Waals surface area contributed by atoms with Gasteiger partial charge in [0.05, 0.1) is 4.47 Å². The van der Waals surface area contributed by atoms with Crippen molar-refractivity contribution in [1.29, 1.82) is 5.26 Å². The zero-order chi connectivity index (χ0) is 12.3. The fourth-order valence-corrected chi connectivity index (χ4v) is 1.40. The second-order valence-corrected chi connectivity index (χ2v) is 3.44. The highest BCUT2D eigenvalue weighted by Gasteiger charge is 2.32. The average molecular weight is 296 g/mol. The molecule has 0 saturated carbocycles. The van der Waals surface area contributed by atoms with Gasteiger partial charge in [-0.05, 0) is 21.5 Å². The molecule has 2 N–H and O–H groups in total. The van der Waals surface area contributed by atoms with Crippen LogP contribution in [0.4, 0.5) is 13.2 Å². The molecule has 0 amide bonds. The number of hydrogen-bond donors (Lipinski definition) is 1. The van der Waals surface area contributed by atoms with E-state index in [4.69, 9.17) is 11.0 Å². The number of halogens is 4. The van der Waals surface area contributed by atoms with Gasteiger partial charge in [-0.15, -0.1) is 13.2 Å². The van der Waals surface area contributed by atoms with Gasteiger partial charge in [-0.25, -0.2) is 4.98 Å². The van der Waals surface area contributed by atoms with E-state index in [1.165, 1.54) is 0 Å².